The van der Waals surface area contributed by atoms with Crippen LogP contribution in [0.4, 0.5) is 0 Å². The Balaban J connectivity index is 1.75. The predicted molar refractivity (Wildman–Crippen MR) is 84.8 cm³/mol. The first-order chi connectivity index (χ1) is 11.2. The maximum Gasteiger partial charge on any atom is 0.276 e. The van der Waals surface area contributed by atoms with E-state index >= 15 is 0 Å². The van der Waals surface area contributed by atoms with Crippen LogP contribution >= 0.6 is 0 Å². The highest BCUT2D eigenvalue weighted by Gasteiger charge is 2.44. The van der Waals surface area contributed by atoms with Gasteiger partial charge in [-0.3, -0.25) is 9.67 Å². The number of nitrogens with zero attached hydrogens (tertiary/aromatic N) is 5. The van der Waals surface area contributed by atoms with Crippen LogP contribution in [0, 0.1) is 6.92 Å². The van der Waals surface area contributed by atoms with Gasteiger partial charge in [-0.2, -0.15) is 10.1 Å². The van der Waals surface area contributed by atoms with Crippen molar-refractivity contribution in [2.75, 3.05) is 0 Å². The third kappa shape index (κ3) is 2.17. The fourth-order valence-corrected chi connectivity index (χ4v) is 3.32. The summed E-state index contributed by atoms with van der Waals surface area (Å²) >= 11 is 0. The number of hydrogen-bond acceptors (Lipinski definition) is 5. The van der Waals surface area contributed by atoms with Gasteiger partial charge in [-0.15, -0.1) is 0 Å². The van der Waals surface area contributed by atoms with E-state index in [9.17, 15) is 0 Å². The molecule has 1 aliphatic carbocycles. The Morgan fingerprint density at radius 3 is 2.70 bits per heavy atom. The standard InChI is InChI=1S/C17H19N5O/c1-3-22-14(11-12(2)20-22)15-19-16(21-23-15)17(7-4-8-17)13-5-9-18-10-6-13/h5-6,9-11H,3-4,7-8H2,1-2H3. The summed E-state index contributed by atoms with van der Waals surface area (Å²) in [4.78, 5) is 8.83. The van der Waals surface area contributed by atoms with Gasteiger partial charge in [0.15, 0.2) is 5.82 Å². The number of aryl methyl sites for hydroxylation is 2. The number of hydrogen-bond donors (Lipinski definition) is 0. The van der Waals surface area contributed by atoms with E-state index in [1.54, 1.807) is 0 Å². The van der Waals surface area contributed by atoms with Crippen molar-refractivity contribution in [2.45, 2.75) is 45.1 Å². The average molecular weight is 309 g/mol. The highest BCUT2D eigenvalue weighted by molar-refractivity contribution is 5.49. The summed E-state index contributed by atoms with van der Waals surface area (Å²) in [5.74, 6) is 1.31. The molecule has 0 amide bonds. The van der Waals surface area contributed by atoms with Crippen LogP contribution in [0.2, 0.25) is 0 Å². The van der Waals surface area contributed by atoms with Crippen LogP contribution in [0.15, 0.2) is 35.1 Å². The average Bonchev–Trinajstić information content (AvgIpc) is 3.14. The van der Waals surface area contributed by atoms with Gasteiger partial charge in [0.1, 0.15) is 5.69 Å². The van der Waals surface area contributed by atoms with Crippen molar-refractivity contribution >= 4 is 0 Å². The first-order valence-electron chi connectivity index (χ1n) is 8.02. The molecule has 6 heteroatoms. The third-order valence-electron chi connectivity index (χ3n) is 4.71. The first kappa shape index (κ1) is 14.1. The van der Waals surface area contributed by atoms with Crippen LogP contribution in [0.25, 0.3) is 11.6 Å². The maximum atomic E-state index is 5.57. The zero-order valence-corrected chi connectivity index (χ0v) is 13.4. The Morgan fingerprint density at radius 2 is 2.04 bits per heavy atom. The SMILES string of the molecule is CCn1nc(C)cc1-c1nc(C2(c3ccncc3)CCC2)no1. The van der Waals surface area contributed by atoms with Gasteiger partial charge in [-0.05, 0) is 50.5 Å². The van der Waals surface area contributed by atoms with E-state index in [0.29, 0.717) is 5.89 Å². The van der Waals surface area contributed by atoms with E-state index in [-0.39, 0.29) is 5.41 Å². The zero-order valence-electron chi connectivity index (χ0n) is 13.4. The molecule has 1 saturated carbocycles. The van der Waals surface area contributed by atoms with E-state index in [4.69, 9.17) is 9.51 Å². The Bertz CT molecular complexity index is 817. The van der Waals surface area contributed by atoms with Crippen LogP contribution in [0.1, 0.15) is 43.3 Å². The van der Waals surface area contributed by atoms with Gasteiger partial charge < -0.3 is 4.52 Å². The van der Waals surface area contributed by atoms with Crippen molar-refractivity contribution in [1.29, 1.82) is 0 Å². The molecule has 23 heavy (non-hydrogen) atoms. The first-order valence-corrected chi connectivity index (χ1v) is 8.02. The molecule has 118 valence electrons. The van der Waals surface area contributed by atoms with E-state index in [2.05, 4.69) is 34.3 Å². The second-order valence-corrected chi connectivity index (χ2v) is 6.08. The molecule has 0 atom stereocenters. The number of aromatic nitrogens is 5. The summed E-state index contributed by atoms with van der Waals surface area (Å²) in [5.41, 5.74) is 2.92. The fourth-order valence-electron chi connectivity index (χ4n) is 3.32. The smallest absolute Gasteiger partial charge is 0.276 e. The predicted octanol–water partition coefficient (Wildman–Crippen LogP) is 3.13. The second kappa shape index (κ2) is 5.30. The van der Waals surface area contributed by atoms with E-state index < -0.39 is 0 Å². The van der Waals surface area contributed by atoms with Gasteiger partial charge in [0.25, 0.3) is 5.89 Å². The Labute approximate surface area is 134 Å². The molecule has 0 unspecified atom stereocenters. The molecule has 1 aliphatic rings. The fraction of sp³-hybridized carbons (Fsp3) is 0.412. The second-order valence-electron chi connectivity index (χ2n) is 6.08. The molecule has 0 radical (unpaired) electrons. The molecule has 0 aliphatic heterocycles. The molecule has 0 saturated heterocycles. The summed E-state index contributed by atoms with van der Waals surface area (Å²) in [6.45, 7) is 4.80. The van der Waals surface area contributed by atoms with Crippen molar-refractivity contribution < 1.29 is 4.52 Å². The molecular formula is C17H19N5O. The lowest BCUT2D eigenvalue weighted by Crippen LogP contribution is -2.36. The molecule has 3 aromatic heterocycles. The normalized spacial score (nSPS) is 16.3. The highest BCUT2D eigenvalue weighted by Crippen LogP contribution is 2.47. The van der Waals surface area contributed by atoms with Gasteiger partial charge >= 0.3 is 0 Å². The van der Waals surface area contributed by atoms with E-state index in [0.717, 1.165) is 36.6 Å². The minimum atomic E-state index is -0.128. The summed E-state index contributed by atoms with van der Waals surface area (Å²) in [6.07, 6.45) is 6.92. The lowest BCUT2D eigenvalue weighted by molar-refractivity contribution is 0.272. The lowest BCUT2D eigenvalue weighted by Gasteiger charge is -2.39. The highest BCUT2D eigenvalue weighted by atomic mass is 16.5. The Morgan fingerprint density at radius 1 is 1.26 bits per heavy atom. The van der Waals surface area contributed by atoms with Crippen molar-refractivity contribution in [1.82, 2.24) is 24.9 Å². The van der Waals surface area contributed by atoms with Crippen molar-refractivity contribution in [2.24, 2.45) is 0 Å². The molecule has 4 rings (SSSR count). The molecule has 1 fully saturated rings. The summed E-state index contributed by atoms with van der Waals surface area (Å²) in [5, 5.41) is 8.75. The third-order valence-corrected chi connectivity index (χ3v) is 4.71. The van der Waals surface area contributed by atoms with Crippen LogP contribution in [-0.2, 0) is 12.0 Å². The monoisotopic (exact) mass is 309 g/mol. The molecule has 6 nitrogen and oxygen atoms in total. The molecular weight excluding hydrogens is 290 g/mol. The molecule has 0 aromatic carbocycles. The molecule has 3 aromatic rings. The molecule has 0 bridgehead atoms. The maximum absolute atomic E-state index is 5.57. The van der Waals surface area contributed by atoms with E-state index in [1.165, 1.54) is 12.0 Å². The quantitative estimate of drug-likeness (QED) is 0.740. The van der Waals surface area contributed by atoms with E-state index in [1.807, 2.05) is 30.1 Å². The number of rotatable bonds is 4. The van der Waals surface area contributed by atoms with Crippen LogP contribution < -0.4 is 0 Å². The minimum Gasteiger partial charge on any atom is -0.332 e. The van der Waals surface area contributed by atoms with Gasteiger partial charge in [0.2, 0.25) is 0 Å². The number of pyridine rings is 1. The summed E-state index contributed by atoms with van der Waals surface area (Å²) in [6, 6.07) is 6.09. The minimum absolute atomic E-state index is 0.128. The van der Waals surface area contributed by atoms with Gasteiger partial charge in [0.05, 0.1) is 11.1 Å². The summed E-state index contributed by atoms with van der Waals surface area (Å²) in [7, 11) is 0. The molecule has 0 N–H and O–H groups in total. The van der Waals surface area contributed by atoms with Crippen molar-refractivity contribution in [3.8, 4) is 11.6 Å². The van der Waals surface area contributed by atoms with Crippen molar-refractivity contribution in [3.05, 3.63) is 47.7 Å². The van der Waals surface area contributed by atoms with Crippen LogP contribution in [0.3, 0.4) is 0 Å². The lowest BCUT2D eigenvalue weighted by atomic mass is 9.64. The van der Waals surface area contributed by atoms with Gasteiger partial charge in [-0.25, -0.2) is 0 Å². The largest absolute Gasteiger partial charge is 0.332 e. The topological polar surface area (TPSA) is 69.6 Å². The van der Waals surface area contributed by atoms with Crippen molar-refractivity contribution in [3.63, 3.8) is 0 Å². The van der Waals surface area contributed by atoms with Gasteiger partial charge in [0, 0.05) is 18.9 Å². The Kier molecular flexibility index (Phi) is 3.25. The zero-order chi connectivity index (χ0) is 15.9. The van der Waals surface area contributed by atoms with Gasteiger partial charge in [-0.1, -0.05) is 11.6 Å². The molecule has 3 heterocycles. The molecule has 0 spiro atoms. The van der Waals surface area contributed by atoms with Crippen LogP contribution in [0.5, 0.6) is 0 Å². The summed E-state index contributed by atoms with van der Waals surface area (Å²) < 4.78 is 7.47. The van der Waals surface area contributed by atoms with Crippen LogP contribution in [-0.4, -0.2) is 24.9 Å². The Hall–Kier alpha value is -2.50.